The van der Waals surface area contributed by atoms with Gasteiger partial charge in [-0.25, -0.2) is 4.39 Å². The van der Waals surface area contributed by atoms with Gasteiger partial charge in [-0.15, -0.1) is 11.3 Å². The molecule has 0 spiro atoms. The normalized spacial score (nSPS) is 11.2. The van der Waals surface area contributed by atoms with Crippen LogP contribution in [0.4, 0.5) is 28.9 Å². The van der Waals surface area contributed by atoms with Crippen LogP contribution in [-0.2, 0) is 6.18 Å². The van der Waals surface area contributed by atoms with E-state index in [1.54, 1.807) is 17.5 Å². The second-order valence-electron chi connectivity index (χ2n) is 5.77. The molecule has 0 atom stereocenters. The molecule has 0 aliphatic carbocycles. The molecule has 29 heavy (non-hydrogen) atoms. The molecule has 2 amide bonds. The van der Waals surface area contributed by atoms with Crippen LogP contribution in [0.2, 0.25) is 5.02 Å². The van der Waals surface area contributed by atoms with Gasteiger partial charge in [0.05, 0.1) is 21.2 Å². The van der Waals surface area contributed by atoms with Crippen molar-refractivity contribution in [2.45, 2.75) is 6.18 Å². The van der Waals surface area contributed by atoms with E-state index in [0.29, 0.717) is 17.0 Å². The Morgan fingerprint density at radius 3 is 2.38 bits per heavy atom. The van der Waals surface area contributed by atoms with Gasteiger partial charge in [0.1, 0.15) is 5.82 Å². The summed E-state index contributed by atoms with van der Waals surface area (Å²) >= 11 is 7.26. The van der Waals surface area contributed by atoms with Crippen molar-refractivity contribution in [3.8, 4) is 0 Å². The summed E-state index contributed by atoms with van der Waals surface area (Å²) in [6.45, 7) is 0. The van der Waals surface area contributed by atoms with Crippen LogP contribution in [0.15, 0.2) is 53.9 Å². The predicted octanol–water partition coefficient (Wildman–Crippen LogP) is 6.06. The highest BCUT2D eigenvalue weighted by molar-refractivity contribution is 7.12. The Morgan fingerprint density at radius 2 is 1.72 bits per heavy atom. The molecule has 10 heteroatoms. The third kappa shape index (κ3) is 4.93. The average Bonchev–Trinajstić information content (AvgIpc) is 3.19. The fraction of sp³-hybridized carbons (Fsp3) is 0.0526. The molecule has 0 radical (unpaired) electrons. The van der Waals surface area contributed by atoms with E-state index >= 15 is 0 Å². The maximum atomic E-state index is 13.4. The molecule has 3 aromatic rings. The van der Waals surface area contributed by atoms with E-state index < -0.39 is 29.4 Å². The molecule has 0 aliphatic heterocycles. The van der Waals surface area contributed by atoms with Crippen LogP contribution < -0.4 is 10.6 Å². The summed E-state index contributed by atoms with van der Waals surface area (Å²) < 4.78 is 51.8. The Bertz CT molecular complexity index is 1070. The Morgan fingerprint density at radius 1 is 0.966 bits per heavy atom. The third-order valence-electron chi connectivity index (χ3n) is 3.75. The van der Waals surface area contributed by atoms with Crippen molar-refractivity contribution >= 4 is 46.1 Å². The lowest BCUT2D eigenvalue weighted by Crippen LogP contribution is -2.15. The van der Waals surface area contributed by atoms with Crippen molar-refractivity contribution in [2.75, 3.05) is 10.6 Å². The second kappa shape index (κ2) is 8.22. The summed E-state index contributed by atoms with van der Waals surface area (Å²) in [5, 5.41) is 6.73. The molecule has 0 fully saturated rings. The minimum Gasteiger partial charge on any atom is -0.322 e. The van der Waals surface area contributed by atoms with Crippen LogP contribution in [0.25, 0.3) is 0 Å². The highest BCUT2D eigenvalue weighted by Gasteiger charge is 2.34. The van der Waals surface area contributed by atoms with Gasteiger partial charge in [0.15, 0.2) is 0 Å². The summed E-state index contributed by atoms with van der Waals surface area (Å²) in [6.07, 6.45) is -4.90. The van der Waals surface area contributed by atoms with Gasteiger partial charge in [0, 0.05) is 11.3 Å². The lowest BCUT2D eigenvalue weighted by molar-refractivity contribution is -0.139. The first kappa shape index (κ1) is 20.8. The number of rotatable bonds is 4. The first-order chi connectivity index (χ1) is 13.6. The summed E-state index contributed by atoms with van der Waals surface area (Å²) in [6, 6.07) is 9.43. The maximum Gasteiger partial charge on any atom is 0.419 e. The number of thiophene rings is 1. The molecule has 1 aromatic heterocycles. The number of halogens is 5. The number of hydrogen-bond acceptors (Lipinski definition) is 3. The predicted molar refractivity (Wildman–Crippen MR) is 103 cm³/mol. The topological polar surface area (TPSA) is 58.2 Å². The van der Waals surface area contributed by atoms with E-state index in [4.69, 9.17) is 11.6 Å². The lowest BCUT2D eigenvalue weighted by atomic mass is 10.1. The Labute approximate surface area is 171 Å². The fourth-order valence-corrected chi connectivity index (χ4v) is 3.16. The smallest absolute Gasteiger partial charge is 0.322 e. The first-order valence-electron chi connectivity index (χ1n) is 7.97. The van der Waals surface area contributed by atoms with Gasteiger partial charge in [-0.05, 0) is 47.8 Å². The Balaban J connectivity index is 1.81. The van der Waals surface area contributed by atoms with Crippen LogP contribution in [0.5, 0.6) is 0 Å². The summed E-state index contributed by atoms with van der Waals surface area (Å²) in [4.78, 5) is 25.0. The van der Waals surface area contributed by atoms with Gasteiger partial charge in [0.25, 0.3) is 11.8 Å². The fourth-order valence-electron chi connectivity index (χ4n) is 2.38. The van der Waals surface area contributed by atoms with E-state index in [-0.39, 0.29) is 22.0 Å². The van der Waals surface area contributed by atoms with E-state index in [9.17, 15) is 27.2 Å². The van der Waals surface area contributed by atoms with Gasteiger partial charge >= 0.3 is 6.18 Å². The van der Waals surface area contributed by atoms with Crippen molar-refractivity contribution in [3.05, 3.63) is 80.8 Å². The largest absolute Gasteiger partial charge is 0.419 e. The number of alkyl halides is 3. The van der Waals surface area contributed by atoms with Crippen LogP contribution in [0.3, 0.4) is 0 Å². The van der Waals surface area contributed by atoms with Crippen LogP contribution in [0, 0.1) is 5.82 Å². The standard InChI is InChI=1S/C19H11ClF4N2O2S/c20-13-5-3-10(8-15(13)26-18(28)16-2-1-7-29-16)17(27)25-11-4-6-14(21)12(9-11)19(22,23)24/h1-9H,(H,25,27)(H,26,28). The quantitative estimate of drug-likeness (QED) is 0.482. The Kier molecular flexibility index (Phi) is 5.90. The number of carbonyl (C=O) groups excluding carboxylic acids is 2. The molecule has 0 bridgehead atoms. The zero-order valence-corrected chi connectivity index (χ0v) is 15.9. The van der Waals surface area contributed by atoms with Crippen molar-refractivity contribution in [1.29, 1.82) is 0 Å². The molecule has 3 rings (SSSR count). The van der Waals surface area contributed by atoms with Crippen LogP contribution in [0.1, 0.15) is 25.6 Å². The van der Waals surface area contributed by atoms with Crippen LogP contribution in [-0.4, -0.2) is 11.8 Å². The van der Waals surface area contributed by atoms with Gasteiger partial charge in [-0.3, -0.25) is 9.59 Å². The summed E-state index contributed by atoms with van der Waals surface area (Å²) in [5.41, 5.74) is -1.53. The maximum absolute atomic E-state index is 13.4. The van der Waals surface area contributed by atoms with Crippen LogP contribution >= 0.6 is 22.9 Å². The number of amides is 2. The summed E-state index contributed by atoms with van der Waals surface area (Å²) in [5.74, 6) is -2.62. The number of benzene rings is 2. The van der Waals surface area contributed by atoms with Crippen molar-refractivity contribution in [3.63, 3.8) is 0 Å². The van der Waals surface area contributed by atoms with E-state index in [0.717, 1.165) is 6.07 Å². The molecular weight excluding hydrogens is 432 g/mol. The third-order valence-corrected chi connectivity index (χ3v) is 4.95. The van der Waals surface area contributed by atoms with E-state index in [1.807, 2.05) is 0 Å². The van der Waals surface area contributed by atoms with Crippen molar-refractivity contribution in [1.82, 2.24) is 0 Å². The van der Waals surface area contributed by atoms with Gasteiger partial charge in [0.2, 0.25) is 0 Å². The molecule has 0 saturated heterocycles. The SMILES string of the molecule is O=C(Nc1ccc(F)c(C(F)(F)F)c1)c1ccc(Cl)c(NC(=O)c2cccs2)c1. The number of hydrogen-bond donors (Lipinski definition) is 2. The Hall–Kier alpha value is -2.91. The molecular formula is C19H11ClF4N2O2S. The zero-order chi connectivity index (χ0) is 21.2. The second-order valence-corrected chi connectivity index (χ2v) is 7.13. The molecule has 0 saturated carbocycles. The molecule has 1 heterocycles. The minimum atomic E-state index is -4.90. The minimum absolute atomic E-state index is 0.0359. The first-order valence-corrected chi connectivity index (χ1v) is 9.23. The monoisotopic (exact) mass is 442 g/mol. The van der Waals surface area contributed by atoms with Gasteiger partial charge in [-0.1, -0.05) is 17.7 Å². The molecule has 150 valence electrons. The number of nitrogens with one attached hydrogen (secondary N) is 2. The highest BCUT2D eigenvalue weighted by atomic mass is 35.5. The van der Waals surface area contributed by atoms with Gasteiger partial charge in [-0.2, -0.15) is 13.2 Å². The molecule has 0 aliphatic rings. The molecule has 2 N–H and O–H groups in total. The molecule has 2 aromatic carbocycles. The zero-order valence-electron chi connectivity index (χ0n) is 14.3. The van der Waals surface area contributed by atoms with E-state index in [1.165, 1.54) is 29.5 Å². The molecule has 0 unspecified atom stereocenters. The highest BCUT2D eigenvalue weighted by Crippen LogP contribution is 2.33. The number of anilines is 2. The number of carbonyl (C=O) groups is 2. The molecule has 4 nitrogen and oxygen atoms in total. The average molecular weight is 443 g/mol. The van der Waals surface area contributed by atoms with Gasteiger partial charge < -0.3 is 10.6 Å². The lowest BCUT2D eigenvalue weighted by Gasteiger charge is -2.12. The van der Waals surface area contributed by atoms with E-state index in [2.05, 4.69) is 10.6 Å². The summed E-state index contributed by atoms with van der Waals surface area (Å²) in [7, 11) is 0. The van der Waals surface area contributed by atoms with Crippen molar-refractivity contribution < 1.29 is 27.2 Å². The van der Waals surface area contributed by atoms with Crippen molar-refractivity contribution in [2.24, 2.45) is 0 Å².